The number of nitrogens with one attached hydrogen (secondary N) is 1. The lowest BCUT2D eigenvalue weighted by Crippen LogP contribution is -2.46. The highest BCUT2D eigenvalue weighted by Crippen LogP contribution is 2.21. The second-order valence-corrected chi connectivity index (χ2v) is 8.14. The third-order valence-corrected chi connectivity index (χ3v) is 6.08. The van der Waals surface area contributed by atoms with Gasteiger partial charge in [0.1, 0.15) is 5.82 Å². The largest absolute Gasteiger partial charge is 0.331 e. The van der Waals surface area contributed by atoms with Crippen molar-refractivity contribution in [2.24, 2.45) is 7.05 Å². The molecule has 1 saturated heterocycles. The Balaban J connectivity index is 1.43. The number of nitrogens with zero attached hydrogens (tertiary/aromatic N) is 4. The van der Waals surface area contributed by atoms with E-state index < -0.39 is 0 Å². The van der Waals surface area contributed by atoms with Gasteiger partial charge < -0.3 is 19.7 Å². The van der Waals surface area contributed by atoms with Crippen LogP contribution in [-0.4, -0.2) is 64.5 Å². The van der Waals surface area contributed by atoms with Gasteiger partial charge in [-0.25, -0.2) is 4.98 Å². The van der Waals surface area contributed by atoms with Crippen LogP contribution in [0.2, 0.25) is 0 Å². The van der Waals surface area contributed by atoms with Crippen LogP contribution in [0.3, 0.4) is 0 Å². The van der Waals surface area contributed by atoms with Gasteiger partial charge in [-0.05, 0) is 43.8 Å². The van der Waals surface area contributed by atoms with Gasteiger partial charge in [-0.3, -0.25) is 4.79 Å². The molecule has 1 fully saturated rings. The predicted molar refractivity (Wildman–Crippen MR) is 122 cm³/mol. The molecule has 4 rings (SSSR count). The Morgan fingerprint density at radius 3 is 2.57 bits per heavy atom. The van der Waals surface area contributed by atoms with Crippen molar-refractivity contribution < 1.29 is 4.79 Å². The van der Waals surface area contributed by atoms with E-state index in [0.29, 0.717) is 5.56 Å². The second-order valence-electron chi connectivity index (χ2n) is 8.14. The van der Waals surface area contributed by atoms with Crippen LogP contribution in [-0.2, 0) is 13.5 Å². The monoisotopic (exact) mass is 405 g/mol. The molecule has 1 aliphatic heterocycles. The van der Waals surface area contributed by atoms with Gasteiger partial charge in [0.05, 0.1) is 11.0 Å². The molecule has 6 heteroatoms. The molecule has 0 saturated carbocycles. The predicted octanol–water partition coefficient (Wildman–Crippen LogP) is 3.31. The molecule has 1 aliphatic rings. The number of hydrogen-bond donors (Lipinski definition) is 1. The number of likely N-dealkylation sites (N-methyl/N-ethyl adjacent to an activating group) is 1. The molecule has 0 bridgehead atoms. The fraction of sp³-hybridized carbons (Fsp3) is 0.417. The first-order valence-electron chi connectivity index (χ1n) is 10.8. The Morgan fingerprint density at radius 1 is 1.07 bits per heavy atom. The minimum atomic E-state index is -0.0968. The number of anilines is 1. The van der Waals surface area contributed by atoms with E-state index in [-0.39, 0.29) is 5.91 Å². The zero-order chi connectivity index (χ0) is 21.1. The van der Waals surface area contributed by atoms with Gasteiger partial charge >= 0.3 is 0 Å². The van der Waals surface area contributed by atoms with Crippen molar-refractivity contribution in [1.29, 1.82) is 0 Å². The average molecular weight is 406 g/mol. The van der Waals surface area contributed by atoms with Crippen molar-refractivity contribution in [3.63, 3.8) is 0 Å². The van der Waals surface area contributed by atoms with E-state index in [9.17, 15) is 4.79 Å². The molecule has 1 aromatic heterocycles. The van der Waals surface area contributed by atoms with E-state index in [1.165, 1.54) is 0 Å². The highest BCUT2D eigenvalue weighted by Gasteiger charge is 2.17. The molecule has 30 heavy (non-hydrogen) atoms. The molecule has 2 aromatic carbocycles. The second kappa shape index (κ2) is 8.98. The number of carbonyl (C=O) groups is 1. The fourth-order valence-corrected chi connectivity index (χ4v) is 4.13. The number of amides is 1. The maximum atomic E-state index is 12.6. The van der Waals surface area contributed by atoms with Gasteiger partial charge in [0.25, 0.3) is 5.91 Å². The molecule has 0 aliphatic carbocycles. The van der Waals surface area contributed by atoms with Gasteiger partial charge in [-0.15, -0.1) is 0 Å². The van der Waals surface area contributed by atoms with Crippen LogP contribution in [0.5, 0.6) is 0 Å². The van der Waals surface area contributed by atoms with Crippen molar-refractivity contribution in [1.82, 2.24) is 19.4 Å². The molecule has 3 aromatic rings. The van der Waals surface area contributed by atoms with E-state index in [1.807, 2.05) is 49.4 Å². The lowest BCUT2D eigenvalue weighted by Gasteiger charge is -2.33. The quantitative estimate of drug-likeness (QED) is 0.684. The Hall–Kier alpha value is -2.70. The number of aromatic nitrogens is 2. The number of hydrogen-bond acceptors (Lipinski definition) is 4. The summed E-state index contributed by atoms with van der Waals surface area (Å²) in [5, 5.41) is 3.00. The van der Waals surface area contributed by atoms with Crippen LogP contribution < -0.4 is 5.32 Å². The minimum absolute atomic E-state index is 0.0968. The zero-order valence-electron chi connectivity index (χ0n) is 18.2. The molecule has 2 heterocycles. The third-order valence-electron chi connectivity index (χ3n) is 6.08. The van der Waals surface area contributed by atoms with Crippen LogP contribution >= 0.6 is 0 Å². The van der Waals surface area contributed by atoms with Gasteiger partial charge in [0.15, 0.2) is 0 Å². The number of piperazine rings is 1. The zero-order valence-corrected chi connectivity index (χ0v) is 18.2. The topological polar surface area (TPSA) is 53.4 Å². The summed E-state index contributed by atoms with van der Waals surface area (Å²) in [5.74, 6) is 0.991. The number of imidazole rings is 1. The van der Waals surface area contributed by atoms with Crippen molar-refractivity contribution in [3.8, 4) is 0 Å². The Kier molecular flexibility index (Phi) is 6.16. The number of benzene rings is 2. The highest BCUT2D eigenvalue weighted by atomic mass is 16.1. The van der Waals surface area contributed by atoms with Crippen LogP contribution in [0, 0.1) is 6.92 Å². The molecule has 0 radical (unpaired) electrons. The summed E-state index contributed by atoms with van der Waals surface area (Å²) in [6.45, 7) is 11.0. The summed E-state index contributed by atoms with van der Waals surface area (Å²) < 4.78 is 2.17. The lowest BCUT2D eigenvalue weighted by molar-refractivity contribution is 0.102. The summed E-state index contributed by atoms with van der Waals surface area (Å²) in [4.78, 5) is 22.4. The smallest absolute Gasteiger partial charge is 0.255 e. The number of carbonyl (C=O) groups excluding carboxylic acids is 1. The molecule has 158 valence electrons. The van der Waals surface area contributed by atoms with E-state index >= 15 is 0 Å². The normalized spacial score (nSPS) is 15.6. The van der Waals surface area contributed by atoms with Gasteiger partial charge in [-0.1, -0.05) is 24.6 Å². The van der Waals surface area contributed by atoms with Gasteiger partial charge in [-0.2, -0.15) is 0 Å². The maximum Gasteiger partial charge on any atom is 0.255 e. The molecule has 0 atom stereocenters. The minimum Gasteiger partial charge on any atom is -0.331 e. The van der Waals surface area contributed by atoms with Crippen LogP contribution in [0.25, 0.3) is 11.0 Å². The van der Waals surface area contributed by atoms with E-state index in [4.69, 9.17) is 4.98 Å². The third kappa shape index (κ3) is 4.55. The number of fused-ring (bicyclic) bond motifs is 1. The number of aryl methyl sites for hydroxylation is 2. The Bertz CT molecular complexity index is 1030. The van der Waals surface area contributed by atoms with E-state index in [1.54, 1.807) is 0 Å². The number of rotatable bonds is 6. The van der Waals surface area contributed by atoms with Crippen molar-refractivity contribution in [2.75, 3.05) is 44.6 Å². The first kappa shape index (κ1) is 20.6. The van der Waals surface area contributed by atoms with Crippen molar-refractivity contribution in [2.45, 2.75) is 20.3 Å². The first-order valence-corrected chi connectivity index (χ1v) is 10.8. The summed E-state index contributed by atoms with van der Waals surface area (Å²) in [5.41, 5.74) is 4.53. The molecule has 1 amide bonds. The van der Waals surface area contributed by atoms with Crippen LogP contribution in [0.4, 0.5) is 5.69 Å². The van der Waals surface area contributed by atoms with Crippen molar-refractivity contribution >= 4 is 22.6 Å². The Labute approximate surface area is 178 Å². The molecular formula is C24H31N5O. The standard InChI is InChI=1S/C24H31N5O/c1-4-28-12-14-29(15-13-28)11-10-23-26-21-17-20(8-9-22(21)27(23)3)25-24(30)19-7-5-6-18(2)16-19/h5-9,16-17H,4,10-15H2,1-3H3,(H,25,30). The molecular weight excluding hydrogens is 374 g/mol. The summed E-state index contributed by atoms with van der Waals surface area (Å²) >= 11 is 0. The fourth-order valence-electron chi connectivity index (χ4n) is 4.13. The van der Waals surface area contributed by atoms with Crippen LogP contribution in [0.1, 0.15) is 28.7 Å². The molecule has 0 spiro atoms. The maximum absolute atomic E-state index is 12.6. The van der Waals surface area contributed by atoms with Gasteiger partial charge in [0.2, 0.25) is 0 Å². The summed E-state index contributed by atoms with van der Waals surface area (Å²) in [7, 11) is 2.07. The summed E-state index contributed by atoms with van der Waals surface area (Å²) in [6, 6.07) is 13.6. The Morgan fingerprint density at radius 2 is 1.83 bits per heavy atom. The average Bonchev–Trinajstić information content (AvgIpc) is 3.07. The lowest BCUT2D eigenvalue weighted by atomic mass is 10.1. The van der Waals surface area contributed by atoms with Crippen molar-refractivity contribution in [3.05, 3.63) is 59.4 Å². The summed E-state index contributed by atoms with van der Waals surface area (Å²) in [6.07, 6.45) is 0.933. The molecule has 0 unspecified atom stereocenters. The molecule has 6 nitrogen and oxygen atoms in total. The van der Waals surface area contributed by atoms with Gasteiger partial charge in [0, 0.05) is 57.4 Å². The molecule has 1 N–H and O–H groups in total. The van der Waals surface area contributed by atoms with E-state index in [0.717, 1.165) is 73.8 Å². The SMILES string of the molecule is CCN1CCN(CCc2nc3cc(NC(=O)c4cccc(C)c4)ccc3n2C)CC1. The van der Waals surface area contributed by atoms with Crippen LogP contribution in [0.15, 0.2) is 42.5 Å². The van der Waals surface area contributed by atoms with E-state index in [2.05, 4.69) is 33.7 Å². The first-order chi connectivity index (χ1) is 14.5. The highest BCUT2D eigenvalue weighted by molar-refractivity contribution is 6.05.